The normalized spacial score (nSPS) is 10.9. The summed E-state index contributed by atoms with van der Waals surface area (Å²) in [6, 6.07) is 0. The fraction of sp³-hybridized carbons (Fsp3) is 0.900. The lowest BCUT2D eigenvalue weighted by molar-refractivity contribution is 0.609. The lowest BCUT2D eigenvalue weighted by Crippen LogP contribution is -2.03. The third kappa shape index (κ3) is 6.36. The zero-order valence-corrected chi connectivity index (χ0v) is 8.03. The van der Waals surface area contributed by atoms with Crippen molar-refractivity contribution in [3.05, 3.63) is 5.92 Å². The average molecular weight is 156 g/mol. The van der Waals surface area contributed by atoms with Crippen LogP contribution < -0.4 is 5.73 Å². The van der Waals surface area contributed by atoms with Crippen molar-refractivity contribution in [2.24, 2.45) is 5.73 Å². The van der Waals surface area contributed by atoms with Gasteiger partial charge in [-0.1, -0.05) is 26.7 Å². The summed E-state index contributed by atoms with van der Waals surface area (Å²) in [5.41, 5.74) is 5.46. The van der Waals surface area contributed by atoms with Crippen LogP contribution in [0.2, 0.25) is 0 Å². The Morgan fingerprint density at radius 2 is 1.55 bits per heavy atom. The highest BCUT2D eigenvalue weighted by Gasteiger charge is 2.05. The van der Waals surface area contributed by atoms with Crippen LogP contribution >= 0.6 is 0 Å². The molecule has 67 valence electrons. The highest BCUT2D eigenvalue weighted by molar-refractivity contribution is 4.88. The quantitative estimate of drug-likeness (QED) is 0.602. The predicted octanol–water partition coefficient (Wildman–Crippen LogP) is 2.90. The fourth-order valence-electron chi connectivity index (χ4n) is 1.43. The molecule has 0 aliphatic carbocycles. The summed E-state index contributed by atoms with van der Waals surface area (Å²) in [5.74, 6) is 1.72. The maximum atomic E-state index is 5.46. The second kappa shape index (κ2) is 8.06. The van der Waals surface area contributed by atoms with Gasteiger partial charge in [0.15, 0.2) is 0 Å². The average Bonchev–Trinajstić information content (AvgIpc) is 2.01. The smallest absolute Gasteiger partial charge is 0.00771 e. The lowest BCUT2D eigenvalue weighted by atomic mass is 9.93. The van der Waals surface area contributed by atoms with Crippen molar-refractivity contribution < 1.29 is 0 Å². The van der Waals surface area contributed by atoms with E-state index in [1.165, 1.54) is 38.5 Å². The van der Waals surface area contributed by atoms with E-state index in [0.717, 1.165) is 6.54 Å². The molecule has 0 spiro atoms. The topological polar surface area (TPSA) is 26.0 Å². The molecule has 0 aromatic heterocycles. The van der Waals surface area contributed by atoms with E-state index >= 15 is 0 Å². The highest BCUT2D eigenvalue weighted by atomic mass is 14.5. The Labute approximate surface area is 71.4 Å². The molecular formula is C10H22N. The number of nitrogens with two attached hydrogens (primary N) is 1. The van der Waals surface area contributed by atoms with E-state index < -0.39 is 0 Å². The van der Waals surface area contributed by atoms with E-state index in [0.29, 0.717) is 0 Å². The zero-order valence-electron chi connectivity index (χ0n) is 8.03. The SMILES string of the molecule is CCC[C](CCC)CCCN. The molecule has 0 bridgehead atoms. The van der Waals surface area contributed by atoms with Crippen LogP contribution in [0, 0.1) is 5.92 Å². The molecule has 0 fully saturated rings. The molecule has 0 saturated carbocycles. The maximum Gasteiger partial charge on any atom is -0.00771 e. The molecule has 1 radical (unpaired) electrons. The number of hydrogen-bond acceptors (Lipinski definition) is 1. The molecule has 0 aliphatic rings. The van der Waals surface area contributed by atoms with Gasteiger partial charge in [0.2, 0.25) is 0 Å². The second-order valence-electron chi connectivity index (χ2n) is 3.14. The molecule has 0 saturated heterocycles. The first-order valence-corrected chi connectivity index (χ1v) is 4.88. The Morgan fingerprint density at radius 3 is 1.91 bits per heavy atom. The van der Waals surface area contributed by atoms with Crippen molar-refractivity contribution in [1.82, 2.24) is 0 Å². The lowest BCUT2D eigenvalue weighted by Gasteiger charge is -2.12. The third-order valence-corrected chi connectivity index (χ3v) is 1.94. The van der Waals surface area contributed by atoms with Crippen LogP contribution in [0.1, 0.15) is 52.4 Å². The van der Waals surface area contributed by atoms with Crippen LogP contribution in [0.25, 0.3) is 0 Å². The summed E-state index contributed by atoms with van der Waals surface area (Å²) in [6.45, 7) is 5.34. The maximum absolute atomic E-state index is 5.46. The molecule has 0 atom stereocenters. The van der Waals surface area contributed by atoms with Gasteiger partial charge in [0.25, 0.3) is 0 Å². The molecule has 0 aliphatic heterocycles. The Morgan fingerprint density at radius 1 is 1.00 bits per heavy atom. The van der Waals surface area contributed by atoms with Crippen molar-refractivity contribution in [2.75, 3.05) is 6.54 Å². The molecule has 0 amide bonds. The molecule has 0 aromatic rings. The Bertz CT molecular complexity index is 65.3. The molecule has 0 unspecified atom stereocenters. The Hall–Kier alpha value is -0.0400. The first-order valence-electron chi connectivity index (χ1n) is 4.88. The van der Waals surface area contributed by atoms with Gasteiger partial charge in [-0.2, -0.15) is 0 Å². The van der Waals surface area contributed by atoms with E-state index in [9.17, 15) is 0 Å². The van der Waals surface area contributed by atoms with Gasteiger partial charge in [-0.15, -0.1) is 0 Å². The molecule has 1 heteroatoms. The van der Waals surface area contributed by atoms with E-state index in [1.807, 2.05) is 0 Å². The molecule has 0 aromatic carbocycles. The van der Waals surface area contributed by atoms with Crippen molar-refractivity contribution in [2.45, 2.75) is 52.4 Å². The minimum absolute atomic E-state index is 0.844. The van der Waals surface area contributed by atoms with Crippen molar-refractivity contribution in [3.63, 3.8) is 0 Å². The van der Waals surface area contributed by atoms with Crippen LogP contribution in [0.3, 0.4) is 0 Å². The standard InChI is InChI=1S/C10H22N/c1-3-6-10(7-4-2)8-5-9-11/h3-9,11H2,1-2H3. The van der Waals surface area contributed by atoms with Crippen LogP contribution in [-0.4, -0.2) is 6.54 Å². The fourth-order valence-corrected chi connectivity index (χ4v) is 1.43. The van der Waals surface area contributed by atoms with Crippen LogP contribution in [0.4, 0.5) is 0 Å². The Balaban J connectivity index is 3.34. The van der Waals surface area contributed by atoms with Gasteiger partial charge in [-0.3, -0.25) is 0 Å². The van der Waals surface area contributed by atoms with Gasteiger partial charge in [0.1, 0.15) is 0 Å². The summed E-state index contributed by atoms with van der Waals surface area (Å²) >= 11 is 0. The van der Waals surface area contributed by atoms with Gasteiger partial charge >= 0.3 is 0 Å². The zero-order chi connectivity index (χ0) is 8.53. The van der Waals surface area contributed by atoms with Crippen LogP contribution in [-0.2, 0) is 0 Å². The Kier molecular flexibility index (Phi) is 8.03. The van der Waals surface area contributed by atoms with Gasteiger partial charge in [-0.05, 0) is 38.1 Å². The monoisotopic (exact) mass is 156 g/mol. The van der Waals surface area contributed by atoms with E-state index in [4.69, 9.17) is 5.73 Å². The molecule has 0 rings (SSSR count). The summed E-state index contributed by atoms with van der Waals surface area (Å²) in [4.78, 5) is 0. The number of hydrogen-bond donors (Lipinski definition) is 1. The molecule has 1 nitrogen and oxygen atoms in total. The van der Waals surface area contributed by atoms with Crippen molar-refractivity contribution in [1.29, 1.82) is 0 Å². The van der Waals surface area contributed by atoms with Gasteiger partial charge in [-0.25, -0.2) is 0 Å². The molecule has 0 heterocycles. The first-order chi connectivity index (χ1) is 5.35. The van der Waals surface area contributed by atoms with E-state index in [-0.39, 0.29) is 0 Å². The first kappa shape index (κ1) is 11.0. The van der Waals surface area contributed by atoms with Gasteiger partial charge in [0.05, 0.1) is 0 Å². The predicted molar refractivity (Wildman–Crippen MR) is 51.3 cm³/mol. The van der Waals surface area contributed by atoms with Crippen LogP contribution in [0.5, 0.6) is 0 Å². The van der Waals surface area contributed by atoms with E-state index in [2.05, 4.69) is 13.8 Å². The third-order valence-electron chi connectivity index (χ3n) is 1.94. The van der Waals surface area contributed by atoms with Crippen molar-refractivity contribution >= 4 is 0 Å². The molecule has 2 N–H and O–H groups in total. The number of rotatable bonds is 7. The minimum atomic E-state index is 0.844. The van der Waals surface area contributed by atoms with Crippen LogP contribution in [0.15, 0.2) is 0 Å². The largest absolute Gasteiger partial charge is 0.330 e. The highest BCUT2D eigenvalue weighted by Crippen LogP contribution is 2.20. The summed E-state index contributed by atoms with van der Waals surface area (Å²) in [7, 11) is 0. The van der Waals surface area contributed by atoms with Gasteiger partial charge < -0.3 is 5.73 Å². The minimum Gasteiger partial charge on any atom is -0.330 e. The summed E-state index contributed by atoms with van der Waals surface area (Å²) in [6.07, 6.45) is 7.65. The second-order valence-corrected chi connectivity index (χ2v) is 3.14. The summed E-state index contributed by atoms with van der Waals surface area (Å²) in [5, 5.41) is 0. The summed E-state index contributed by atoms with van der Waals surface area (Å²) < 4.78 is 0. The van der Waals surface area contributed by atoms with E-state index in [1.54, 1.807) is 5.92 Å². The van der Waals surface area contributed by atoms with Crippen molar-refractivity contribution in [3.8, 4) is 0 Å². The molecular weight excluding hydrogens is 134 g/mol. The molecule has 11 heavy (non-hydrogen) atoms. The van der Waals surface area contributed by atoms with Gasteiger partial charge in [0, 0.05) is 0 Å².